The molecule has 2 unspecified atom stereocenters. The Morgan fingerprint density at radius 2 is 0.720 bits per heavy atom. The first-order valence-electron chi connectivity index (χ1n) is 16.1. The number of rotatable bonds is 16. The van der Waals surface area contributed by atoms with E-state index in [4.69, 9.17) is 39.9 Å². The second-order valence-corrected chi connectivity index (χ2v) is 12.4. The Morgan fingerprint density at radius 3 is 0.920 bits per heavy atom. The summed E-state index contributed by atoms with van der Waals surface area (Å²) in [5.74, 6) is 0.792. The van der Waals surface area contributed by atoms with Crippen LogP contribution in [0.4, 0.5) is 0 Å². The van der Waals surface area contributed by atoms with Gasteiger partial charge >= 0.3 is 11.9 Å². The van der Waals surface area contributed by atoms with E-state index in [1.165, 1.54) is 0 Å². The molecule has 0 bridgehead atoms. The number of hydrogen-bond acceptors (Lipinski definition) is 10. The van der Waals surface area contributed by atoms with E-state index in [1.54, 1.807) is 42.3 Å². The van der Waals surface area contributed by atoms with Gasteiger partial charge in [0.15, 0.2) is 11.4 Å². The molecule has 10 nitrogen and oxygen atoms in total. The Hall–Kier alpha value is -5.32. The molecule has 2 atom stereocenters. The van der Waals surface area contributed by atoms with Crippen molar-refractivity contribution in [3.05, 3.63) is 131 Å². The zero-order chi connectivity index (χ0) is 36.3. The summed E-state index contributed by atoms with van der Waals surface area (Å²) in [7, 11) is 6.41. The van der Waals surface area contributed by atoms with Crippen LogP contribution in [0, 0.1) is 0 Å². The van der Waals surface area contributed by atoms with E-state index in [1.807, 2.05) is 97.1 Å². The summed E-state index contributed by atoms with van der Waals surface area (Å²) in [4.78, 5) is 25.8. The molecule has 0 aliphatic carbocycles. The fraction of sp³-hybridized carbons (Fsp3) is 0.300. The SMILES string of the molecule is COc1ccc(C(CC(C)(N)OC(=O)/C=C/C(=O)OC(C)(N)CC(c2ccc(OC)cc2)c2ccc(OC)cc2)c2ccc(OC)cc2)cc1. The molecule has 0 heterocycles. The van der Waals surface area contributed by atoms with Crippen molar-refractivity contribution in [2.45, 2.75) is 50.0 Å². The Balaban J connectivity index is 1.44. The maximum atomic E-state index is 12.9. The van der Waals surface area contributed by atoms with Gasteiger partial charge in [0.1, 0.15) is 23.0 Å². The van der Waals surface area contributed by atoms with E-state index >= 15 is 0 Å². The smallest absolute Gasteiger partial charge is 0.332 e. The fourth-order valence-electron chi connectivity index (χ4n) is 5.76. The highest BCUT2D eigenvalue weighted by Crippen LogP contribution is 2.36. The molecular formula is C40H46N2O8. The van der Waals surface area contributed by atoms with Gasteiger partial charge in [0.2, 0.25) is 0 Å². The second kappa shape index (κ2) is 16.9. The first kappa shape index (κ1) is 37.5. The van der Waals surface area contributed by atoms with E-state index in [2.05, 4.69) is 0 Å². The lowest BCUT2D eigenvalue weighted by Gasteiger charge is -2.30. The number of carbonyl (C=O) groups excluding carboxylic acids is 2. The molecule has 0 spiro atoms. The highest BCUT2D eigenvalue weighted by atomic mass is 16.6. The van der Waals surface area contributed by atoms with E-state index in [0.717, 1.165) is 34.4 Å². The van der Waals surface area contributed by atoms with Crippen LogP contribution in [0.3, 0.4) is 0 Å². The molecule has 4 aromatic rings. The zero-order valence-electron chi connectivity index (χ0n) is 29.4. The summed E-state index contributed by atoms with van der Waals surface area (Å²) in [6, 6.07) is 30.4. The maximum absolute atomic E-state index is 12.9. The summed E-state index contributed by atoms with van der Waals surface area (Å²) in [5.41, 5.74) is 14.1. The average Bonchev–Trinajstić information content (AvgIpc) is 3.12. The normalized spacial score (nSPS) is 13.7. The van der Waals surface area contributed by atoms with Gasteiger partial charge in [-0.1, -0.05) is 48.5 Å². The van der Waals surface area contributed by atoms with Gasteiger partial charge in [-0.25, -0.2) is 9.59 Å². The van der Waals surface area contributed by atoms with Crippen LogP contribution in [-0.2, 0) is 19.1 Å². The zero-order valence-corrected chi connectivity index (χ0v) is 29.4. The van der Waals surface area contributed by atoms with Gasteiger partial charge in [-0.3, -0.25) is 11.5 Å². The van der Waals surface area contributed by atoms with Crippen LogP contribution in [0.25, 0.3) is 0 Å². The van der Waals surface area contributed by atoms with Crippen molar-refractivity contribution in [3.8, 4) is 23.0 Å². The highest BCUT2D eigenvalue weighted by Gasteiger charge is 2.31. The number of benzene rings is 4. The molecular weight excluding hydrogens is 636 g/mol. The minimum atomic E-state index is -1.40. The first-order chi connectivity index (χ1) is 23.8. The van der Waals surface area contributed by atoms with Crippen LogP contribution in [0.15, 0.2) is 109 Å². The van der Waals surface area contributed by atoms with Crippen molar-refractivity contribution in [1.29, 1.82) is 0 Å². The van der Waals surface area contributed by atoms with E-state index in [-0.39, 0.29) is 24.7 Å². The molecule has 0 radical (unpaired) electrons. The van der Waals surface area contributed by atoms with Crippen LogP contribution in [0.1, 0.15) is 60.8 Å². The summed E-state index contributed by atoms with van der Waals surface area (Å²) < 4.78 is 32.6. The average molecular weight is 683 g/mol. The van der Waals surface area contributed by atoms with Crippen molar-refractivity contribution in [2.24, 2.45) is 11.5 Å². The fourth-order valence-corrected chi connectivity index (χ4v) is 5.76. The number of carbonyl (C=O) groups is 2. The number of nitrogens with two attached hydrogens (primary N) is 2. The highest BCUT2D eigenvalue weighted by molar-refractivity contribution is 5.92. The van der Waals surface area contributed by atoms with Gasteiger partial charge in [0, 0.05) is 36.8 Å². The lowest BCUT2D eigenvalue weighted by atomic mass is 9.85. The van der Waals surface area contributed by atoms with E-state index in [0.29, 0.717) is 23.0 Å². The van der Waals surface area contributed by atoms with Gasteiger partial charge in [-0.15, -0.1) is 0 Å². The topological polar surface area (TPSA) is 142 Å². The van der Waals surface area contributed by atoms with Crippen LogP contribution in [-0.4, -0.2) is 51.8 Å². The molecule has 0 aliphatic heterocycles. The minimum Gasteiger partial charge on any atom is -0.497 e. The summed E-state index contributed by atoms with van der Waals surface area (Å²) in [6.45, 7) is 3.24. The quantitative estimate of drug-likeness (QED) is 0.0769. The van der Waals surface area contributed by atoms with E-state index in [9.17, 15) is 9.59 Å². The number of hydrogen-bond donors (Lipinski definition) is 2. The third-order valence-electron chi connectivity index (χ3n) is 8.31. The van der Waals surface area contributed by atoms with Gasteiger partial charge in [-0.2, -0.15) is 0 Å². The number of methoxy groups -OCH3 is 4. The second-order valence-electron chi connectivity index (χ2n) is 12.4. The first-order valence-corrected chi connectivity index (χ1v) is 16.1. The third kappa shape index (κ3) is 10.6. The molecule has 0 saturated heterocycles. The minimum absolute atomic E-state index is 0.231. The van der Waals surface area contributed by atoms with Gasteiger partial charge in [0.05, 0.1) is 28.4 Å². The molecule has 0 saturated carbocycles. The van der Waals surface area contributed by atoms with Crippen molar-refractivity contribution < 1.29 is 38.0 Å². The van der Waals surface area contributed by atoms with Crippen molar-refractivity contribution >= 4 is 11.9 Å². The monoisotopic (exact) mass is 682 g/mol. The maximum Gasteiger partial charge on any atom is 0.332 e. The molecule has 4 aromatic carbocycles. The van der Waals surface area contributed by atoms with Gasteiger partial charge in [-0.05, 0) is 84.6 Å². The molecule has 50 heavy (non-hydrogen) atoms. The van der Waals surface area contributed by atoms with Crippen LogP contribution >= 0.6 is 0 Å². The number of ether oxygens (including phenoxy) is 6. The van der Waals surface area contributed by atoms with Gasteiger partial charge in [0.25, 0.3) is 0 Å². The summed E-state index contributed by atoms with van der Waals surface area (Å²) in [5, 5.41) is 0. The van der Waals surface area contributed by atoms with Crippen molar-refractivity contribution in [2.75, 3.05) is 28.4 Å². The number of esters is 2. The lowest BCUT2D eigenvalue weighted by Crippen LogP contribution is -2.43. The van der Waals surface area contributed by atoms with Crippen LogP contribution < -0.4 is 30.4 Å². The largest absolute Gasteiger partial charge is 0.497 e. The van der Waals surface area contributed by atoms with E-state index < -0.39 is 23.4 Å². The summed E-state index contributed by atoms with van der Waals surface area (Å²) >= 11 is 0. The standard InChI is InChI=1S/C40H46N2O8/c1-39(41,25-35(27-7-15-31(45-3)16-8-27)28-9-17-32(46-4)18-10-28)49-37(43)23-24-38(44)50-40(2,42)26-36(29-11-19-33(47-5)20-12-29)30-13-21-34(48-6)22-14-30/h7-24,35-36H,25-26,41-42H2,1-6H3/b24-23+. The van der Waals surface area contributed by atoms with Crippen LogP contribution in [0.2, 0.25) is 0 Å². The molecule has 0 fully saturated rings. The Morgan fingerprint density at radius 1 is 0.500 bits per heavy atom. The Kier molecular flexibility index (Phi) is 12.7. The molecule has 0 aromatic heterocycles. The summed E-state index contributed by atoms with van der Waals surface area (Å²) in [6.07, 6.45) is 2.47. The Bertz CT molecular complexity index is 1490. The lowest BCUT2D eigenvalue weighted by molar-refractivity contribution is -0.155. The third-order valence-corrected chi connectivity index (χ3v) is 8.31. The van der Waals surface area contributed by atoms with Crippen LogP contribution in [0.5, 0.6) is 23.0 Å². The van der Waals surface area contributed by atoms with Gasteiger partial charge < -0.3 is 28.4 Å². The molecule has 0 amide bonds. The molecule has 264 valence electrons. The van der Waals surface area contributed by atoms with Crippen molar-refractivity contribution in [3.63, 3.8) is 0 Å². The molecule has 0 aliphatic rings. The predicted octanol–water partition coefficient (Wildman–Crippen LogP) is 6.46. The van der Waals surface area contributed by atoms with Crippen molar-refractivity contribution in [1.82, 2.24) is 0 Å². The molecule has 4 N–H and O–H groups in total. The molecule has 10 heteroatoms. The molecule has 4 rings (SSSR count). The Labute approximate surface area is 293 Å². The predicted molar refractivity (Wildman–Crippen MR) is 191 cm³/mol.